The fourth-order valence-electron chi connectivity index (χ4n) is 1.57. The Morgan fingerprint density at radius 1 is 1.50 bits per heavy atom. The first-order valence-electron chi connectivity index (χ1n) is 5.63. The topological polar surface area (TPSA) is 92.5 Å². The molecule has 0 radical (unpaired) electrons. The molecule has 2 N–H and O–H groups in total. The Labute approximate surface area is 105 Å². The SMILES string of the molecule is CC(C)C(CNc1cccc([N+](=O)[O-])c1)C(=O)O. The van der Waals surface area contributed by atoms with Crippen molar-refractivity contribution >= 4 is 17.3 Å². The molecule has 0 saturated carbocycles. The van der Waals surface area contributed by atoms with Gasteiger partial charge in [-0.05, 0) is 12.0 Å². The smallest absolute Gasteiger partial charge is 0.308 e. The summed E-state index contributed by atoms with van der Waals surface area (Å²) in [5.74, 6) is -1.40. The fourth-order valence-corrected chi connectivity index (χ4v) is 1.57. The maximum Gasteiger partial charge on any atom is 0.308 e. The number of anilines is 1. The summed E-state index contributed by atoms with van der Waals surface area (Å²) in [7, 11) is 0. The average Bonchev–Trinajstić information content (AvgIpc) is 2.28. The monoisotopic (exact) mass is 252 g/mol. The third-order valence-corrected chi connectivity index (χ3v) is 2.71. The van der Waals surface area contributed by atoms with Gasteiger partial charge in [-0.3, -0.25) is 14.9 Å². The molecule has 6 heteroatoms. The number of nitro benzene ring substituents is 1. The molecule has 1 unspecified atom stereocenters. The van der Waals surface area contributed by atoms with E-state index in [0.717, 1.165) is 0 Å². The number of carboxylic acid groups (broad SMARTS) is 1. The van der Waals surface area contributed by atoms with E-state index in [1.54, 1.807) is 12.1 Å². The summed E-state index contributed by atoms with van der Waals surface area (Å²) < 4.78 is 0. The molecule has 0 bridgehead atoms. The number of carboxylic acids is 1. The highest BCUT2D eigenvalue weighted by atomic mass is 16.6. The standard InChI is InChI=1S/C12H16N2O4/c1-8(2)11(12(15)16)7-13-9-4-3-5-10(6-9)14(17)18/h3-6,8,11,13H,7H2,1-2H3,(H,15,16). The molecule has 1 aromatic carbocycles. The summed E-state index contributed by atoms with van der Waals surface area (Å²) in [5.41, 5.74) is 0.535. The largest absolute Gasteiger partial charge is 0.481 e. The predicted octanol–water partition coefficient (Wildman–Crippen LogP) is 2.36. The Hall–Kier alpha value is -2.11. The quantitative estimate of drug-likeness (QED) is 0.599. The Bertz CT molecular complexity index is 445. The van der Waals surface area contributed by atoms with Gasteiger partial charge in [0.05, 0.1) is 10.8 Å². The van der Waals surface area contributed by atoms with Gasteiger partial charge in [-0.15, -0.1) is 0 Å². The van der Waals surface area contributed by atoms with Gasteiger partial charge in [0, 0.05) is 24.4 Å². The zero-order valence-electron chi connectivity index (χ0n) is 10.3. The van der Waals surface area contributed by atoms with Gasteiger partial charge in [0.1, 0.15) is 0 Å². The van der Waals surface area contributed by atoms with Crippen LogP contribution in [0.4, 0.5) is 11.4 Å². The number of non-ortho nitro benzene ring substituents is 1. The van der Waals surface area contributed by atoms with Crippen LogP contribution in [0.2, 0.25) is 0 Å². The van der Waals surface area contributed by atoms with E-state index in [2.05, 4.69) is 5.32 Å². The zero-order valence-corrected chi connectivity index (χ0v) is 10.3. The summed E-state index contributed by atoms with van der Waals surface area (Å²) in [4.78, 5) is 21.1. The maximum absolute atomic E-state index is 11.0. The minimum Gasteiger partial charge on any atom is -0.481 e. The lowest BCUT2D eigenvalue weighted by molar-refractivity contribution is -0.384. The number of hydrogen-bond donors (Lipinski definition) is 2. The first-order chi connectivity index (χ1) is 8.41. The van der Waals surface area contributed by atoms with E-state index < -0.39 is 16.8 Å². The summed E-state index contributed by atoms with van der Waals surface area (Å²) in [6.07, 6.45) is 0. The lowest BCUT2D eigenvalue weighted by atomic mass is 9.96. The first kappa shape index (κ1) is 14.0. The second kappa shape index (κ2) is 6.00. The Morgan fingerprint density at radius 2 is 2.17 bits per heavy atom. The highest BCUT2D eigenvalue weighted by Gasteiger charge is 2.21. The van der Waals surface area contributed by atoms with Crippen molar-refractivity contribution in [3.8, 4) is 0 Å². The summed E-state index contributed by atoms with van der Waals surface area (Å²) in [5, 5.41) is 22.5. The minimum atomic E-state index is -0.872. The van der Waals surface area contributed by atoms with Crippen molar-refractivity contribution in [2.45, 2.75) is 13.8 Å². The normalized spacial score (nSPS) is 12.2. The fraction of sp³-hybridized carbons (Fsp3) is 0.417. The molecule has 1 rings (SSSR count). The number of benzene rings is 1. The van der Waals surface area contributed by atoms with Crippen molar-refractivity contribution in [3.63, 3.8) is 0 Å². The molecule has 1 atom stereocenters. The minimum absolute atomic E-state index is 0.00584. The van der Waals surface area contributed by atoms with Crippen LogP contribution in [-0.2, 0) is 4.79 Å². The van der Waals surface area contributed by atoms with E-state index in [9.17, 15) is 14.9 Å². The van der Waals surface area contributed by atoms with Crippen LogP contribution in [0.5, 0.6) is 0 Å². The van der Waals surface area contributed by atoms with Crippen LogP contribution in [0.3, 0.4) is 0 Å². The van der Waals surface area contributed by atoms with Crippen LogP contribution in [0.1, 0.15) is 13.8 Å². The molecule has 0 fully saturated rings. The van der Waals surface area contributed by atoms with Crippen molar-refractivity contribution < 1.29 is 14.8 Å². The molecule has 0 heterocycles. The average molecular weight is 252 g/mol. The number of carbonyl (C=O) groups is 1. The Kier molecular flexibility index (Phi) is 4.65. The molecule has 0 amide bonds. The molecule has 0 saturated heterocycles. The molecule has 0 spiro atoms. The van der Waals surface area contributed by atoms with Gasteiger partial charge >= 0.3 is 5.97 Å². The van der Waals surface area contributed by atoms with Gasteiger partial charge in [0.2, 0.25) is 0 Å². The molecular weight excluding hydrogens is 236 g/mol. The van der Waals surface area contributed by atoms with Crippen LogP contribution in [-0.4, -0.2) is 22.5 Å². The number of aliphatic carboxylic acids is 1. The van der Waals surface area contributed by atoms with Crippen LogP contribution >= 0.6 is 0 Å². The first-order valence-corrected chi connectivity index (χ1v) is 5.63. The van der Waals surface area contributed by atoms with Crippen molar-refractivity contribution in [1.82, 2.24) is 0 Å². The summed E-state index contributed by atoms with van der Waals surface area (Å²) in [6, 6.07) is 6.01. The summed E-state index contributed by atoms with van der Waals surface area (Å²) >= 11 is 0. The molecule has 0 aliphatic carbocycles. The van der Waals surface area contributed by atoms with Crippen LogP contribution in [0.25, 0.3) is 0 Å². The second-order valence-electron chi connectivity index (χ2n) is 4.38. The number of hydrogen-bond acceptors (Lipinski definition) is 4. The molecule has 6 nitrogen and oxygen atoms in total. The molecule has 0 aromatic heterocycles. The summed E-state index contributed by atoms with van der Waals surface area (Å²) in [6.45, 7) is 3.90. The van der Waals surface area contributed by atoms with E-state index >= 15 is 0 Å². The zero-order chi connectivity index (χ0) is 13.7. The van der Waals surface area contributed by atoms with Crippen LogP contribution in [0.15, 0.2) is 24.3 Å². The van der Waals surface area contributed by atoms with Crippen LogP contribution < -0.4 is 5.32 Å². The Balaban J connectivity index is 2.70. The van der Waals surface area contributed by atoms with E-state index in [0.29, 0.717) is 5.69 Å². The number of nitrogens with zero attached hydrogens (tertiary/aromatic N) is 1. The lowest BCUT2D eigenvalue weighted by Crippen LogP contribution is -2.27. The van der Waals surface area contributed by atoms with Crippen molar-refractivity contribution in [2.24, 2.45) is 11.8 Å². The highest BCUT2D eigenvalue weighted by molar-refractivity contribution is 5.71. The highest BCUT2D eigenvalue weighted by Crippen LogP contribution is 2.18. The van der Waals surface area contributed by atoms with E-state index in [4.69, 9.17) is 5.11 Å². The van der Waals surface area contributed by atoms with E-state index in [1.165, 1.54) is 12.1 Å². The van der Waals surface area contributed by atoms with Crippen molar-refractivity contribution in [1.29, 1.82) is 0 Å². The van der Waals surface area contributed by atoms with Crippen molar-refractivity contribution in [2.75, 3.05) is 11.9 Å². The third-order valence-electron chi connectivity index (χ3n) is 2.71. The second-order valence-corrected chi connectivity index (χ2v) is 4.38. The number of rotatable bonds is 6. The number of nitro groups is 1. The maximum atomic E-state index is 11.0. The predicted molar refractivity (Wildman–Crippen MR) is 67.5 cm³/mol. The van der Waals surface area contributed by atoms with Gasteiger partial charge < -0.3 is 10.4 Å². The van der Waals surface area contributed by atoms with Gasteiger partial charge in [-0.25, -0.2) is 0 Å². The molecule has 0 aliphatic rings. The Morgan fingerprint density at radius 3 is 2.67 bits per heavy atom. The molecule has 18 heavy (non-hydrogen) atoms. The molecule has 1 aromatic rings. The van der Waals surface area contributed by atoms with Crippen molar-refractivity contribution in [3.05, 3.63) is 34.4 Å². The van der Waals surface area contributed by atoms with Gasteiger partial charge in [-0.1, -0.05) is 19.9 Å². The number of nitrogens with one attached hydrogen (secondary N) is 1. The molecular formula is C12H16N2O4. The van der Waals surface area contributed by atoms with Gasteiger partial charge in [-0.2, -0.15) is 0 Å². The van der Waals surface area contributed by atoms with Crippen LogP contribution in [0, 0.1) is 22.0 Å². The molecule has 98 valence electrons. The van der Waals surface area contributed by atoms with E-state index in [1.807, 2.05) is 13.8 Å². The van der Waals surface area contributed by atoms with Gasteiger partial charge in [0.15, 0.2) is 0 Å². The third kappa shape index (κ3) is 3.73. The molecule has 0 aliphatic heterocycles. The van der Waals surface area contributed by atoms with E-state index in [-0.39, 0.29) is 18.2 Å². The van der Waals surface area contributed by atoms with Gasteiger partial charge in [0.25, 0.3) is 5.69 Å². The lowest BCUT2D eigenvalue weighted by Gasteiger charge is -2.17.